The summed E-state index contributed by atoms with van der Waals surface area (Å²) in [6.45, 7) is -1.17. The molecule has 2 aromatic heterocycles. The van der Waals surface area contributed by atoms with Gasteiger partial charge in [-0.3, -0.25) is 42.9 Å². The van der Waals surface area contributed by atoms with E-state index in [4.69, 9.17) is 45.9 Å². The molecule has 4 aliphatic rings. The highest BCUT2D eigenvalue weighted by atomic mass is 35.5. The van der Waals surface area contributed by atoms with Gasteiger partial charge in [-0.1, -0.05) is 86.0 Å². The molecule has 0 saturated heterocycles. The quantitative estimate of drug-likeness (QED) is 0.0234. The van der Waals surface area contributed by atoms with Crippen molar-refractivity contribution in [2.45, 2.75) is 140 Å². The lowest BCUT2D eigenvalue weighted by atomic mass is 9.96. The number of amides is 9. The van der Waals surface area contributed by atoms with Crippen LogP contribution < -0.4 is 38.5 Å². The van der Waals surface area contributed by atoms with Crippen molar-refractivity contribution in [2.24, 2.45) is 22.3 Å². The second-order valence-electron chi connectivity index (χ2n) is 21.5. The van der Waals surface area contributed by atoms with E-state index in [0.29, 0.717) is 28.1 Å². The highest BCUT2D eigenvalue weighted by Gasteiger charge is 2.36. The zero-order chi connectivity index (χ0) is 61.6. The third-order valence-corrected chi connectivity index (χ3v) is 15.6. The Balaban J connectivity index is 0.000000202. The normalized spacial score (nSPS) is 14.9. The van der Waals surface area contributed by atoms with Crippen molar-refractivity contribution >= 4 is 98.1 Å². The molecule has 24 nitrogen and oxygen atoms in total. The van der Waals surface area contributed by atoms with Gasteiger partial charge in [0.25, 0.3) is 11.8 Å². The Morgan fingerprint density at radius 2 is 1.10 bits per heavy atom. The van der Waals surface area contributed by atoms with Crippen LogP contribution >= 0.6 is 23.2 Å². The first kappa shape index (κ1) is 63.3. The highest BCUT2D eigenvalue weighted by molar-refractivity contribution is 6.31. The summed E-state index contributed by atoms with van der Waals surface area (Å²) in [5.74, 6) is -5.46. The van der Waals surface area contributed by atoms with Crippen molar-refractivity contribution in [3.63, 3.8) is 0 Å². The van der Waals surface area contributed by atoms with Crippen LogP contribution in [0.4, 0.5) is 19.3 Å². The van der Waals surface area contributed by atoms with Gasteiger partial charge in [0, 0.05) is 75.3 Å². The fraction of sp³-hybridized carbons (Fsp3) is 0.414. The van der Waals surface area contributed by atoms with E-state index in [1.165, 1.54) is 100 Å². The first-order chi connectivity index (χ1) is 41.3. The van der Waals surface area contributed by atoms with E-state index >= 15 is 0 Å². The Bertz CT molecular complexity index is 3590. The zero-order valence-electron chi connectivity index (χ0n) is 46.9. The molecule has 454 valence electrons. The van der Waals surface area contributed by atoms with Gasteiger partial charge in [0.2, 0.25) is 29.5 Å². The minimum Gasteiger partial charge on any atom is -0.364 e. The molecule has 0 atom stereocenters. The largest absolute Gasteiger partial charge is 0.364 e. The number of rotatable bonds is 19. The molecule has 86 heavy (non-hydrogen) atoms. The number of carbonyl (C=O) groups is 8. The molecule has 2 heterocycles. The van der Waals surface area contributed by atoms with Crippen LogP contribution in [0.2, 0.25) is 10.0 Å². The number of carbonyl (C=O) groups excluding carboxylic acids is 8. The molecule has 0 aliphatic heterocycles. The van der Waals surface area contributed by atoms with E-state index in [2.05, 4.69) is 41.5 Å². The van der Waals surface area contributed by atoms with Crippen LogP contribution in [0.1, 0.15) is 132 Å². The molecule has 0 bridgehead atoms. The average Bonchev–Trinajstić information content (AvgIpc) is 4.40. The smallest absolute Gasteiger partial charge is 0.319 e. The van der Waals surface area contributed by atoms with E-state index in [1.54, 1.807) is 30.3 Å². The number of anilines is 1. The van der Waals surface area contributed by atoms with Gasteiger partial charge in [0.05, 0.1) is 34.2 Å². The minimum atomic E-state index is -0.878. The van der Waals surface area contributed by atoms with E-state index < -0.39 is 47.1 Å². The molecule has 28 heteroatoms. The van der Waals surface area contributed by atoms with E-state index in [9.17, 15) is 47.1 Å². The first-order valence-corrected chi connectivity index (χ1v) is 29.0. The zero-order valence-corrected chi connectivity index (χ0v) is 48.4. The summed E-state index contributed by atoms with van der Waals surface area (Å²) in [5, 5.41) is 23.0. The molecule has 0 unspecified atom stereocenters. The van der Waals surface area contributed by atoms with Crippen LogP contribution in [0.15, 0.2) is 77.9 Å². The van der Waals surface area contributed by atoms with Crippen molar-refractivity contribution in [1.29, 1.82) is 0 Å². The van der Waals surface area contributed by atoms with Gasteiger partial charge >= 0.3 is 6.03 Å². The Hall–Kier alpha value is -8.71. The fourth-order valence-electron chi connectivity index (χ4n) is 10.2. The molecule has 9 amide bonds. The van der Waals surface area contributed by atoms with Crippen molar-refractivity contribution in [3.05, 3.63) is 133 Å². The number of nitrogens with two attached hydrogens (primary N) is 3. The van der Waals surface area contributed by atoms with Crippen molar-refractivity contribution in [3.8, 4) is 0 Å². The summed E-state index contributed by atoms with van der Waals surface area (Å²) in [4.78, 5) is 106. The molecule has 6 aromatic rings. The van der Waals surface area contributed by atoms with Gasteiger partial charge in [-0.15, -0.1) is 0 Å². The molecule has 4 aromatic carbocycles. The molecular weight excluding hydrogens is 1160 g/mol. The van der Waals surface area contributed by atoms with E-state index in [0.717, 1.165) is 51.4 Å². The second-order valence-corrected chi connectivity index (χ2v) is 22.3. The molecular formula is C58H66Cl2F2N16O8. The first-order valence-electron chi connectivity index (χ1n) is 28.3. The van der Waals surface area contributed by atoms with Gasteiger partial charge in [0.15, 0.2) is 11.4 Å². The highest BCUT2D eigenvalue weighted by Crippen LogP contribution is 2.30. The van der Waals surface area contributed by atoms with Gasteiger partial charge in [0.1, 0.15) is 24.7 Å². The van der Waals surface area contributed by atoms with Crippen molar-refractivity contribution < 1.29 is 47.1 Å². The Morgan fingerprint density at radius 1 is 0.640 bits per heavy atom. The molecule has 4 aliphatic carbocycles. The summed E-state index contributed by atoms with van der Waals surface area (Å²) in [7, 11) is 0. The monoisotopic (exact) mass is 1220 g/mol. The van der Waals surface area contributed by atoms with Gasteiger partial charge < -0.3 is 48.3 Å². The van der Waals surface area contributed by atoms with Gasteiger partial charge in [-0.05, 0) is 111 Å². The number of azide groups is 1. The third kappa shape index (κ3) is 17.0. The maximum absolute atomic E-state index is 14.2. The van der Waals surface area contributed by atoms with Crippen molar-refractivity contribution in [1.82, 2.24) is 45.3 Å². The maximum Gasteiger partial charge on any atom is 0.319 e. The van der Waals surface area contributed by atoms with Crippen LogP contribution in [0.5, 0.6) is 0 Å². The second kappa shape index (κ2) is 29.4. The molecule has 0 spiro atoms. The number of primary amides is 2. The topological polar surface area (TPSA) is 354 Å². The van der Waals surface area contributed by atoms with Crippen LogP contribution in [-0.2, 0) is 45.4 Å². The number of aromatic nitrogens is 4. The Labute approximate surface area is 502 Å². The molecule has 4 fully saturated rings. The number of hydrogen-bond donors (Lipinski definition) is 7. The number of nitrogens with one attached hydrogen (secondary N) is 4. The van der Waals surface area contributed by atoms with E-state index in [-0.39, 0.29) is 113 Å². The molecule has 10 rings (SSSR count). The molecule has 4 saturated carbocycles. The van der Waals surface area contributed by atoms with Gasteiger partial charge in [-0.2, -0.15) is 10.2 Å². The summed E-state index contributed by atoms with van der Waals surface area (Å²) < 4.78 is 30.9. The summed E-state index contributed by atoms with van der Waals surface area (Å²) >= 11 is 11.6. The average molecular weight is 1220 g/mol. The summed E-state index contributed by atoms with van der Waals surface area (Å²) in [5.41, 5.74) is 26.7. The number of hydrogen-bond acceptors (Lipinski definition) is 11. The molecule has 10 N–H and O–H groups in total. The summed E-state index contributed by atoms with van der Waals surface area (Å²) in [6.07, 6.45) is 14.9. The van der Waals surface area contributed by atoms with Crippen LogP contribution in [0, 0.1) is 11.6 Å². The Morgan fingerprint density at radius 3 is 1.55 bits per heavy atom. The SMILES string of the molecule is NC(=O)c1nn(CC(=O)N(CC(=O)NCc2cccc(Cl)c2F)C2CC2)c2ccc(NC(=O)NC3CCCCC3)cc12.NC1CCCCC1.[N-]=[N+]=NC(=O)c1ccc2c(c1)c(C(N)=O)nn2CC(=O)N(CC(=O)NCc1cccc(Cl)c1F)C1CC1. The third-order valence-electron chi connectivity index (χ3n) is 15.0. The number of halogens is 4. The lowest BCUT2D eigenvalue weighted by molar-refractivity contribution is -0.137. The number of benzene rings is 4. The number of nitrogens with zero attached hydrogens (tertiary/aromatic N) is 9. The minimum absolute atomic E-state index is 0.0195. The lowest BCUT2D eigenvalue weighted by Gasteiger charge is -2.23. The number of fused-ring (bicyclic) bond motifs is 2. The Kier molecular flexibility index (Phi) is 21.6. The fourth-order valence-corrected chi connectivity index (χ4v) is 10.6. The van der Waals surface area contributed by atoms with Gasteiger partial charge in [-0.25, -0.2) is 13.6 Å². The number of urea groups is 1. The lowest BCUT2D eigenvalue weighted by Crippen LogP contribution is -2.43. The summed E-state index contributed by atoms with van der Waals surface area (Å²) in [6, 6.07) is 18.2. The molecule has 0 radical (unpaired) electrons. The van der Waals surface area contributed by atoms with Crippen LogP contribution in [-0.4, -0.2) is 114 Å². The van der Waals surface area contributed by atoms with E-state index in [1.807, 2.05) is 0 Å². The van der Waals surface area contributed by atoms with Crippen LogP contribution in [0.3, 0.4) is 0 Å². The predicted molar refractivity (Wildman–Crippen MR) is 316 cm³/mol. The standard InChI is InChI=1S/C29H33ClFN7O4.C23H20ClFN8O4.C6H13N/c30-22-8-4-5-17(26(22)31)14-33-24(39)15-37(20-10-11-20)25(40)16-38-23-12-9-19(13-21(23)27(36-38)28(32)41)35-29(42)34-18-6-2-1-3-7-18;24-16-3-1-2-13(20(16)25)9-28-18(34)10-32(14-5-6-14)19(35)11-33-17-7-4-12(23(37)29-31-27)8-15(17)21(30-33)22(26)36;7-6-4-2-1-3-5-6/h4-5,8-9,12-13,18,20H,1-3,6-7,10-11,14-16H2,(H2,32,41)(H,33,39)(H2,34,35,42);1-4,7-8,14H,5-6,9-11H2,(H2,26,36)(H,28,34);6H,1-5,7H2. The van der Waals surface area contributed by atoms with Crippen LogP contribution in [0.25, 0.3) is 32.2 Å². The maximum atomic E-state index is 14.2. The van der Waals surface area contributed by atoms with Crippen molar-refractivity contribution in [2.75, 3.05) is 18.4 Å². The predicted octanol–water partition coefficient (Wildman–Crippen LogP) is 7.65.